The van der Waals surface area contributed by atoms with Crippen molar-refractivity contribution < 1.29 is 32.3 Å². The molecule has 0 aliphatic rings. The summed E-state index contributed by atoms with van der Waals surface area (Å²) in [5.74, 6) is -1.21. The van der Waals surface area contributed by atoms with Gasteiger partial charge in [-0.15, -0.1) is 0 Å². The van der Waals surface area contributed by atoms with Gasteiger partial charge in [0.05, 0.1) is 0 Å². The first-order valence-electron chi connectivity index (χ1n) is 13.5. The van der Waals surface area contributed by atoms with E-state index in [-0.39, 0.29) is 30.4 Å². The molecule has 12 heteroatoms. The highest BCUT2D eigenvalue weighted by Crippen LogP contribution is 2.27. The molecule has 0 aliphatic carbocycles. The Morgan fingerprint density at radius 3 is 1.98 bits per heavy atom. The Morgan fingerprint density at radius 2 is 1.37 bits per heavy atom. The smallest absolute Gasteiger partial charge is 0.422 e. The van der Waals surface area contributed by atoms with Gasteiger partial charge in [-0.3, -0.25) is 4.79 Å². The third kappa shape index (κ3) is 8.53. The number of rotatable bonds is 13. The van der Waals surface area contributed by atoms with E-state index >= 15 is 0 Å². The first kappa shape index (κ1) is 31.0. The molecule has 2 amide bonds. The first-order valence-corrected chi connectivity index (χ1v) is 15.0. The van der Waals surface area contributed by atoms with Gasteiger partial charge >= 0.3 is 22.3 Å². The first-order chi connectivity index (χ1) is 20.8. The quantitative estimate of drug-likeness (QED) is 0.154. The lowest BCUT2D eigenvalue weighted by atomic mass is 10.0. The Balaban J connectivity index is 1.57. The minimum absolute atomic E-state index is 0.108. The number of ether oxygens (including phenoxy) is 2. The van der Waals surface area contributed by atoms with Crippen molar-refractivity contribution in [2.24, 2.45) is 0 Å². The van der Waals surface area contributed by atoms with Crippen LogP contribution in [0, 0.1) is 0 Å². The summed E-state index contributed by atoms with van der Waals surface area (Å²) in [5.41, 5.74) is 2.10. The second-order valence-corrected chi connectivity index (χ2v) is 10.8. The molecule has 11 nitrogen and oxygen atoms in total. The molecule has 4 rings (SSSR count). The van der Waals surface area contributed by atoms with Crippen LogP contribution in [0.1, 0.15) is 38.9 Å². The highest BCUT2D eigenvalue weighted by Gasteiger charge is 2.28. The highest BCUT2D eigenvalue weighted by molar-refractivity contribution is 7.88. The summed E-state index contributed by atoms with van der Waals surface area (Å²) in [6.07, 6.45) is -0.0741. The van der Waals surface area contributed by atoms with Gasteiger partial charge in [-0.1, -0.05) is 79.7 Å². The number of benzene rings is 3. The van der Waals surface area contributed by atoms with Crippen LogP contribution < -0.4 is 15.4 Å². The predicted molar refractivity (Wildman–Crippen MR) is 160 cm³/mol. The molecule has 0 unspecified atom stereocenters. The van der Waals surface area contributed by atoms with Crippen LogP contribution in [0.4, 0.5) is 4.79 Å². The molecular formula is C31H32N4O7S. The Bertz CT molecular complexity index is 1640. The van der Waals surface area contributed by atoms with Crippen LogP contribution in [0.5, 0.6) is 0 Å². The topological polar surface area (TPSA) is 145 Å². The summed E-state index contributed by atoms with van der Waals surface area (Å²) in [5, 5.41) is 5.93. The Labute approximate surface area is 250 Å². The highest BCUT2D eigenvalue weighted by atomic mass is 32.2. The number of esters is 1. The van der Waals surface area contributed by atoms with Gasteiger partial charge < -0.3 is 20.1 Å². The van der Waals surface area contributed by atoms with Crippen LogP contribution in [0.3, 0.4) is 0 Å². The molecule has 0 radical (unpaired) electrons. The van der Waals surface area contributed by atoms with Gasteiger partial charge in [0.25, 0.3) is 5.91 Å². The number of carbonyl (C=O) groups excluding carboxylic acids is 3. The zero-order chi connectivity index (χ0) is 30.7. The summed E-state index contributed by atoms with van der Waals surface area (Å²) in [6.45, 7) is 3.58. The lowest BCUT2D eigenvalue weighted by molar-refractivity contribution is 0.0465. The Morgan fingerprint density at radius 1 is 0.767 bits per heavy atom. The molecule has 3 N–H and O–H groups in total. The van der Waals surface area contributed by atoms with Crippen LogP contribution in [0.2, 0.25) is 0 Å². The molecule has 224 valence electrons. The van der Waals surface area contributed by atoms with Crippen LogP contribution in [0.15, 0.2) is 97.2 Å². The predicted octanol–water partition coefficient (Wildman–Crippen LogP) is 3.87. The van der Waals surface area contributed by atoms with Gasteiger partial charge in [0, 0.05) is 30.4 Å². The average molecular weight is 605 g/mol. The molecule has 0 atom stereocenters. The van der Waals surface area contributed by atoms with E-state index in [0.717, 1.165) is 12.7 Å². The number of likely N-dealkylation sites (N-methyl/N-ethyl adjacent to an activating group) is 1. The number of nitrogens with one attached hydrogen (secondary N) is 3. The molecule has 1 heterocycles. The van der Waals surface area contributed by atoms with Crippen LogP contribution in [0.25, 0.3) is 11.1 Å². The SMILES string of the molecule is CCNCCNC(=O)c1ccc(-c2ccn(S(=O)(=O)NC(=O)OCc3ccccc3)c2C(=O)OCc2ccccc2)cc1. The number of carbonyl (C=O) groups is 3. The Hall–Kier alpha value is -4.94. The fourth-order valence-electron chi connectivity index (χ4n) is 4.09. The molecule has 0 bridgehead atoms. The summed E-state index contributed by atoms with van der Waals surface area (Å²) in [7, 11) is -4.63. The molecule has 3 aromatic carbocycles. The van der Waals surface area contributed by atoms with Gasteiger partial charge in [0.1, 0.15) is 13.2 Å². The molecular weight excluding hydrogens is 572 g/mol. The van der Waals surface area contributed by atoms with Crippen molar-refractivity contribution in [3.63, 3.8) is 0 Å². The molecule has 0 aliphatic heterocycles. The standard InChI is InChI=1S/C31H32N4O7S/c1-2-32-18-19-33-29(36)26-15-13-25(14-16-26)27-17-20-35(28(27)30(37)41-21-23-9-5-3-6-10-23)43(39,40)34-31(38)42-22-24-11-7-4-8-12-24/h3-17,20,32H,2,18-19,21-22H2,1H3,(H,33,36)(H,34,38). The molecule has 4 aromatic rings. The molecule has 0 saturated heterocycles. The van der Waals surface area contributed by atoms with Crippen molar-refractivity contribution in [1.82, 2.24) is 19.3 Å². The minimum Gasteiger partial charge on any atom is -0.456 e. The average Bonchev–Trinajstić information content (AvgIpc) is 3.48. The number of hydrogen-bond donors (Lipinski definition) is 3. The van der Waals surface area contributed by atoms with E-state index in [1.807, 2.05) is 17.7 Å². The molecule has 0 spiro atoms. The van der Waals surface area contributed by atoms with Crippen molar-refractivity contribution >= 4 is 28.2 Å². The maximum absolute atomic E-state index is 13.4. The minimum atomic E-state index is -4.63. The van der Waals surface area contributed by atoms with E-state index in [1.54, 1.807) is 78.9 Å². The van der Waals surface area contributed by atoms with E-state index in [2.05, 4.69) is 10.6 Å². The van der Waals surface area contributed by atoms with Gasteiger partial charge in [-0.05, 0) is 41.4 Å². The largest absolute Gasteiger partial charge is 0.456 e. The summed E-state index contributed by atoms with van der Waals surface area (Å²) >= 11 is 0. The van der Waals surface area contributed by atoms with E-state index < -0.39 is 22.3 Å². The zero-order valence-corrected chi connectivity index (χ0v) is 24.3. The van der Waals surface area contributed by atoms with Crippen molar-refractivity contribution in [2.75, 3.05) is 19.6 Å². The van der Waals surface area contributed by atoms with Gasteiger partial charge in [0.2, 0.25) is 0 Å². The molecule has 0 fully saturated rings. The summed E-state index contributed by atoms with van der Waals surface area (Å²) < 4.78 is 39.6. The molecule has 43 heavy (non-hydrogen) atoms. The van der Waals surface area contributed by atoms with Gasteiger partial charge in [-0.2, -0.15) is 8.42 Å². The van der Waals surface area contributed by atoms with Crippen LogP contribution in [-0.4, -0.2) is 50.0 Å². The third-order valence-corrected chi connectivity index (χ3v) is 7.48. The second-order valence-electron chi connectivity index (χ2n) is 9.29. The number of aromatic nitrogens is 1. The maximum atomic E-state index is 13.4. The van der Waals surface area contributed by atoms with Crippen molar-refractivity contribution in [3.05, 3.63) is 120 Å². The fraction of sp³-hybridized carbons (Fsp3) is 0.194. The monoisotopic (exact) mass is 604 g/mol. The van der Waals surface area contributed by atoms with Crippen molar-refractivity contribution in [2.45, 2.75) is 20.1 Å². The van der Waals surface area contributed by atoms with E-state index in [1.165, 1.54) is 6.07 Å². The molecule has 1 aromatic heterocycles. The zero-order valence-electron chi connectivity index (χ0n) is 23.5. The van der Waals surface area contributed by atoms with Crippen molar-refractivity contribution in [1.29, 1.82) is 0 Å². The number of amides is 2. The van der Waals surface area contributed by atoms with E-state index in [4.69, 9.17) is 9.47 Å². The maximum Gasteiger partial charge on any atom is 0.422 e. The van der Waals surface area contributed by atoms with Crippen LogP contribution >= 0.6 is 0 Å². The van der Waals surface area contributed by atoms with E-state index in [9.17, 15) is 22.8 Å². The normalized spacial score (nSPS) is 11.0. The third-order valence-electron chi connectivity index (χ3n) is 6.24. The van der Waals surface area contributed by atoms with Crippen LogP contribution in [-0.2, 0) is 32.9 Å². The fourth-order valence-corrected chi connectivity index (χ4v) is 5.09. The summed E-state index contributed by atoms with van der Waals surface area (Å²) in [4.78, 5) is 38.2. The summed E-state index contributed by atoms with van der Waals surface area (Å²) in [6, 6.07) is 25.4. The lowest BCUT2D eigenvalue weighted by Gasteiger charge is -2.13. The Kier molecular flexibility index (Phi) is 10.7. The van der Waals surface area contributed by atoms with Crippen molar-refractivity contribution in [3.8, 4) is 11.1 Å². The number of hydrogen-bond acceptors (Lipinski definition) is 8. The lowest BCUT2D eigenvalue weighted by Crippen LogP contribution is -2.36. The van der Waals surface area contributed by atoms with Gasteiger partial charge in [0.15, 0.2) is 5.69 Å². The molecule has 0 saturated carbocycles. The van der Waals surface area contributed by atoms with Gasteiger partial charge in [-0.25, -0.2) is 18.3 Å². The second kappa shape index (κ2) is 14.8. The number of nitrogens with zero attached hydrogens (tertiary/aromatic N) is 1. The van der Waals surface area contributed by atoms with E-state index in [0.29, 0.717) is 39.3 Å².